The lowest BCUT2D eigenvalue weighted by Gasteiger charge is -2.24. The fourth-order valence-electron chi connectivity index (χ4n) is 2.85. The van der Waals surface area contributed by atoms with Gasteiger partial charge in [0.1, 0.15) is 23.9 Å². The van der Waals surface area contributed by atoms with Gasteiger partial charge in [0, 0.05) is 12.8 Å². The third-order valence-electron chi connectivity index (χ3n) is 4.73. The molecule has 0 aliphatic carbocycles. The van der Waals surface area contributed by atoms with Crippen LogP contribution in [0.3, 0.4) is 0 Å². The summed E-state index contributed by atoms with van der Waals surface area (Å²) in [5, 5.41) is 34.6. The number of nitrogens with two attached hydrogens (primary N) is 2. The number of amides is 4. The molecule has 0 radical (unpaired) electrons. The molecule has 4 atom stereocenters. The SMILES string of the molecule is CC(N)C(=O)NC(CC(=O)O)C(=O)NC(CCC(N)=O)C(=O)NC(Cc1ccc(O)cc1)C(=O)O. The van der Waals surface area contributed by atoms with Gasteiger partial charge in [0.05, 0.1) is 12.5 Å². The van der Waals surface area contributed by atoms with Crippen molar-refractivity contribution in [2.45, 2.75) is 56.8 Å². The number of benzene rings is 1. The average molecular weight is 495 g/mol. The zero-order chi connectivity index (χ0) is 26.7. The van der Waals surface area contributed by atoms with Crippen LogP contribution in [0.15, 0.2) is 24.3 Å². The van der Waals surface area contributed by atoms with Crippen LogP contribution >= 0.6 is 0 Å². The quantitative estimate of drug-likeness (QED) is 0.135. The Morgan fingerprint density at radius 3 is 1.86 bits per heavy atom. The zero-order valence-corrected chi connectivity index (χ0v) is 18.9. The Morgan fingerprint density at radius 1 is 0.857 bits per heavy atom. The molecule has 0 saturated heterocycles. The first-order valence-corrected chi connectivity index (χ1v) is 10.5. The van der Waals surface area contributed by atoms with Crippen LogP contribution in [0.2, 0.25) is 0 Å². The number of phenols is 1. The summed E-state index contributed by atoms with van der Waals surface area (Å²) in [6.07, 6.45) is -1.67. The average Bonchev–Trinajstić information content (AvgIpc) is 2.76. The second kappa shape index (κ2) is 13.5. The first-order chi connectivity index (χ1) is 16.3. The molecule has 4 amide bonds. The fourth-order valence-corrected chi connectivity index (χ4v) is 2.85. The Labute approximate surface area is 200 Å². The van der Waals surface area contributed by atoms with E-state index < -0.39 is 66.2 Å². The lowest BCUT2D eigenvalue weighted by atomic mass is 10.0. The lowest BCUT2D eigenvalue weighted by Crippen LogP contribution is -2.57. The number of carbonyl (C=O) groups is 6. The van der Waals surface area contributed by atoms with Crippen LogP contribution in [0.4, 0.5) is 0 Å². The molecule has 14 heteroatoms. The molecule has 1 rings (SSSR count). The number of carboxylic acids is 2. The molecule has 4 unspecified atom stereocenters. The van der Waals surface area contributed by atoms with Crippen molar-refractivity contribution in [3.8, 4) is 5.75 Å². The highest BCUT2D eigenvalue weighted by molar-refractivity contribution is 5.95. The van der Waals surface area contributed by atoms with E-state index >= 15 is 0 Å². The first kappa shape index (κ1) is 28.8. The van der Waals surface area contributed by atoms with Crippen molar-refractivity contribution in [1.29, 1.82) is 0 Å². The molecular weight excluding hydrogens is 466 g/mol. The standard InChI is InChI=1S/C21H29N5O9/c1-10(22)18(31)25-14(9-17(29)30)20(33)24-13(6-7-16(23)28)19(32)26-15(21(34)35)8-11-2-4-12(27)5-3-11/h2-5,10,13-15,27H,6-9,22H2,1H3,(H2,23,28)(H,24,33)(H,25,31)(H,26,32)(H,29,30)(H,34,35). The van der Waals surface area contributed by atoms with Gasteiger partial charge in [-0.1, -0.05) is 12.1 Å². The maximum atomic E-state index is 12.8. The summed E-state index contributed by atoms with van der Waals surface area (Å²) in [5.74, 6) is -6.50. The van der Waals surface area contributed by atoms with Crippen LogP contribution in [-0.4, -0.2) is 75.1 Å². The Kier molecular flexibility index (Phi) is 11.1. The molecule has 35 heavy (non-hydrogen) atoms. The molecule has 0 aromatic heterocycles. The second-order valence-electron chi connectivity index (χ2n) is 7.78. The largest absolute Gasteiger partial charge is 0.508 e. The van der Waals surface area contributed by atoms with Crippen molar-refractivity contribution in [3.63, 3.8) is 0 Å². The number of carboxylic acid groups (broad SMARTS) is 2. The molecular formula is C21H29N5O9. The van der Waals surface area contributed by atoms with Crippen LogP contribution in [0.1, 0.15) is 31.7 Å². The third-order valence-corrected chi connectivity index (χ3v) is 4.73. The van der Waals surface area contributed by atoms with E-state index in [0.29, 0.717) is 5.56 Å². The van der Waals surface area contributed by atoms with Crippen molar-refractivity contribution in [2.75, 3.05) is 0 Å². The summed E-state index contributed by atoms with van der Waals surface area (Å²) in [6.45, 7) is 1.31. The molecule has 0 aliphatic heterocycles. The van der Waals surface area contributed by atoms with E-state index in [1.54, 1.807) is 0 Å². The molecule has 10 N–H and O–H groups in total. The Hall–Kier alpha value is -4.20. The maximum Gasteiger partial charge on any atom is 0.326 e. The van der Waals surface area contributed by atoms with Crippen molar-refractivity contribution >= 4 is 35.6 Å². The summed E-state index contributed by atoms with van der Waals surface area (Å²) in [5.41, 5.74) is 11.0. The topological polar surface area (TPSA) is 251 Å². The third kappa shape index (κ3) is 10.5. The smallest absolute Gasteiger partial charge is 0.326 e. The monoisotopic (exact) mass is 495 g/mol. The van der Waals surface area contributed by atoms with Gasteiger partial charge in [-0.3, -0.25) is 24.0 Å². The van der Waals surface area contributed by atoms with Gasteiger partial charge in [-0.15, -0.1) is 0 Å². The first-order valence-electron chi connectivity index (χ1n) is 10.5. The van der Waals surface area contributed by atoms with Gasteiger partial charge >= 0.3 is 11.9 Å². The van der Waals surface area contributed by atoms with Crippen LogP contribution in [0.25, 0.3) is 0 Å². The van der Waals surface area contributed by atoms with Crippen LogP contribution in [-0.2, 0) is 35.2 Å². The zero-order valence-electron chi connectivity index (χ0n) is 18.9. The summed E-state index contributed by atoms with van der Waals surface area (Å²) in [6, 6.07) is 0.0398. The van der Waals surface area contributed by atoms with Crippen molar-refractivity contribution < 1.29 is 44.1 Å². The minimum absolute atomic E-state index is 0.0362. The lowest BCUT2D eigenvalue weighted by molar-refractivity contribution is -0.143. The fraction of sp³-hybridized carbons (Fsp3) is 0.429. The predicted molar refractivity (Wildman–Crippen MR) is 120 cm³/mol. The van der Waals surface area contributed by atoms with Gasteiger partial charge in [0.25, 0.3) is 0 Å². The number of aromatic hydroxyl groups is 1. The minimum Gasteiger partial charge on any atom is -0.508 e. The van der Waals surface area contributed by atoms with Crippen molar-refractivity contribution in [2.24, 2.45) is 11.5 Å². The number of nitrogens with one attached hydrogen (secondary N) is 3. The van der Waals surface area contributed by atoms with Gasteiger partial charge in [-0.05, 0) is 31.0 Å². The molecule has 1 aromatic carbocycles. The molecule has 0 spiro atoms. The van der Waals surface area contributed by atoms with Crippen molar-refractivity contribution in [1.82, 2.24) is 16.0 Å². The molecule has 0 saturated carbocycles. The summed E-state index contributed by atoms with van der Waals surface area (Å²) >= 11 is 0. The van der Waals surface area contributed by atoms with E-state index in [4.69, 9.17) is 16.6 Å². The number of phenolic OH excluding ortho intramolecular Hbond substituents is 1. The van der Waals surface area contributed by atoms with Gasteiger partial charge in [0.15, 0.2) is 0 Å². The minimum atomic E-state index is -1.60. The highest BCUT2D eigenvalue weighted by Crippen LogP contribution is 2.12. The summed E-state index contributed by atoms with van der Waals surface area (Å²) in [7, 11) is 0. The molecule has 14 nitrogen and oxygen atoms in total. The molecule has 192 valence electrons. The molecule has 0 bridgehead atoms. The molecule has 1 aromatic rings. The number of aliphatic carboxylic acids is 2. The Bertz CT molecular complexity index is 949. The summed E-state index contributed by atoms with van der Waals surface area (Å²) in [4.78, 5) is 71.4. The van der Waals surface area contributed by atoms with Crippen molar-refractivity contribution in [3.05, 3.63) is 29.8 Å². The highest BCUT2D eigenvalue weighted by Gasteiger charge is 2.31. The number of carbonyl (C=O) groups excluding carboxylic acids is 4. The predicted octanol–water partition coefficient (Wildman–Crippen LogP) is -2.44. The van der Waals surface area contributed by atoms with E-state index in [2.05, 4.69) is 16.0 Å². The van der Waals surface area contributed by atoms with Crippen LogP contribution < -0.4 is 27.4 Å². The van der Waals surface area contributed by atoms with E-state index in [0.717, 1.165) is 0 Å². The summed E-state index contributed by atoms with van der Waals surface area (Å²) < 4.78 is 0. The Balaban J connectivity index is 3.04. The number of hydrogen-bond donors (Lipinski definition) is 8. The molecule has 0 fully saturated rings. The van der Waals surface area contributed by atoms with Crippen LogP contribution in [0, 0.1) is 0 Å². The highest BCUT2D eigenvalue weighted by atomic mass is 16.4. The van der Waals surface area contributed by atoms with Gasteiger partial charge in [0.2, 0.25) is 23.6 Å². The Morgan fingerprint density at radius 2 is 1.37 bits per heavy atom. The number of hydrogen-bond acceptors (Lipinski definition) is 8. The number of rotatable bonds is 14. The van der Waals surface area contributed by atoms with Gasteiger partial charge in [-0.25, -0.2) is 4.79 Å². The molecule has 0 heterocycles. The second-order valence-corrected chi connectivity index (χ2v) is 7.78. The number of primary amides is 1. The normalized spacial score (nSPS) is 14.0. The van der Waals surface area contributed by atoms with Gasteiger partial charge < -0.3 is 42.7 Å². The van der Waals surface area contributed by atoms with E-state index in [9.17, 15) is 39.0 Å². The van der Waals surface area contributed by atoms with E-state index in [1.165, 1.54) is 31.2 Å². The van der Waals surface area contributed by atoms with E-state index in [1.807, 2.05) is 0 Å². The van der Waals surface area contributed by atoms with Crippen LogP contribution in [0.5, 0.6) is 5.75 Å². The molecule has 0 aliphatic rings. The maximum absolute atomic E-state index is 12.8. The van der Waals surface area contributed by atoms with Gasteiger partial charge in [-0.2, -0.15) is 0 Å². The van der Waals surface area contributed by atoms with E-state index in [-0.39, 0.29) is 25.0 Å².